The number of halogens is 1. The van der Waals surface area contributed by atoms with E-state index in [1.54, 1.807) is 7.11 Å². The summed E-state index contributed by atoms with van der Waals surface area (Å²) in [6.45, 7) is 2.62. The molecule has 1 aromatic carbocycles. The van der Waals surface area contributed by atoms with Crippen LogP contribution in [0.2, 0.25) is 0 Å². The summed E-state index contributed by atoms with van der Waals surface area (Å²) in [4.78, 5) is 7.33. The van der Waals surface area contributed by atoms with Crippen LogP contribution in [-0.2, 0) is 6.54 Å². The molecule has 0 atom stereocenters. The van der Waals surface area contributed by atoms with Crippen LogP contribution >= 0.6 is 15.9 Å². The zero-order valence-corrected chi connectivity index (χ0v) is 11.3. The van der Waals surface area contributed by atoms with Crippen molar-refractivity contribution in [3.05, 3.63) is 40.4 Å². The van der Waals surface area contributed by atoms with Gasteiger partial charge in [0.1, 0.15) is 11.6 Å². The monoisotopic (exact) mass is 295 g/mol. The Labute approximate surface area is 109 Å². The van der Waals surface area contributed by atoms with Gasteiger partial charge in [0.15, 0.2) is 0 Å². The van der Waals surface area contributed by atoms with Gasteiger partial charge in [-0.3, -0.25) is 0 Å². The van der Waals surface area contributed by atoms with Crippen molar-refractivity contribution in [1.82, 2.24) is 9.97 Å². The molecule has 0 aliphatic carbocycles. The minimum Gasteiger partial charge on any atom is -0.495 e. The van der Waals surface area contributed by atoms with Gasteiger partial charge in [0, 0.05) is 4.47 Å². The lowest BCUT2D eigenvalue weighted by molar-refractivity contribution is 0.416. The summed E-state index contributed by atoms with van der Waals surface area (Å²) < 4.78 is 6.30. The number of ether oxygens (including phenoxy) is 1. The van der Waals surface area contributed by atoms with Crippen LogP contribution in [0.3, 0.4) is 0 Å². The molecule has 4 nitrogen and oxygen atoms in total. The molecule has 0 amide bonds. The quantitative estimate of drug-likeness (QED) is 0.911. The number of nitrogens with one attached hydrogen (secondary N) is 2. The molecule has 0 aliphatic heterocycles. The third-order valence-corrected chi connectivity index (χ3v) is 2.88. The number of H-pyrrole nitrogens is 1. The van der Waals surface area contributed by atoms with E-state index in [9.17, 15) is 0 Å². The predicted molar refractivity (Wildman–Crippen MR) is 71.3 cm³/mol. The number of hydrogen-bond donors (Lipinski definition) is 2. The molecule has 17 heavy (non-hydrogen) atoms. The highest BCUT2D eigenvalue weighted by Crippen LogP contribution is 2.28. The molecule has 1 aromatic heterocycles. The van der Waals surface area contributed by atoms with E-state index in [4.69, 9.17) is 4.74 Å². The van der Waals surface area contributed by atoms with Gasteiger partial charge in [-0.2, -0.15) is 0 Å². The van der Waals surface area contributed by atoms with Crippen molar-refractivity contribution in [3.63, 3.8) is 0 Å². The van der Waals surface area contributed by atoms with Crippen LogP contribution in [0, 0.1) is 6.92 Å². The van der Waals surface area contributed by atoms with Crippen LogP contribution in [0.5, 0.6) is 5.75 Å². The molecule has 90 valence electrons. The fourth-order valence-electron chi connectivity index (χ4n) is 1.57. The molecule has 0 saturated heterocycles. The molecule has 0 saturated carbocycles. The molecule has 5 heteroatoms. The van der Waals surface area contributed by atoms with Crippen LogP contribution in [-0.4, -0.2) is 17.1 Å². The Kier molecular flexibility index (Phi) is 3.68. The first-order chi connectivity index (χ1) is 8.19. The summed E-state index contributed by atoms with van der Waals surface area (Å²) in [6, 6.07) is 5.86. The number of rotatable bonds is 4. The smallest absolute Gasteiger partial charge is 0.142 e. The lowest BCUT2D eigenvalue weighted by Gasteiger charge is -2.10. The Morgan fingerprint density at radius 1 is 1.47 bits per heavy atom. The Balaban J connectivity index is 2.10. The molecule has 0 radical (unpaired) electrons. The van der Waals surface area contributed by atoms with Crippen molar-refractivity contribution in [2.45, 2.75) is 13.5 Å². The fourth-order valence-corrected chi connectivity index (χ4v) is 1.93. The minimum atomic E-state index is 0.688. The fraction of sp³-hybridized carbons (Fsp3) is 0.250. The molecular formula is C12H14BrN3O. The summed E-state index contributed by atoms with van der Waals surface area (Å²) in [7, 11) is 1.66. The highest BCUT2D eigenvalue weighted by atomic mass is 79.9. The second-order valence-electron chi connectivity index (χ2n) is 3.69. The second kappa shape index (κ2) is 5.23. The van der Waals surface area contributed by atoms with Gasteiger partial charge in [0.05, 0.1) is 31.2 Å². The Morgan fingerprint density at radius 3 is 2.94 bits per heavy atom. The maximum Gasteiger partial charge on any atom is 0.142 e. The first-order valence-electron chi connectivity index (χ1n) is 5.27. The number of anilines is 1. The summed E-state index contributed by atoms with van der Waals surface area (Å²) in [5.74, 6) is 1.74. The first kappa shape index (κ1) is 12.0. The topological polar surface area (TPSA) is 49.9 Å². The molecule has 1 heterocycles. The Hall–Kier alpha value is -1.49. The number of aromatic amines is 1. The van der Waals surface area contributed by atoms with Gasteiger partial charge in [-0.1, -0.05) is 15.9 Å². The van der Waals surface area contributed by atoms with E-state index in [1.165, 1.54) is 0 Å². The van der Waals surface area contributed by atoms with E-state index in [-0.39, 0.29) is 0 Å². The third-order valence-electron chi connectivity index (χ3n) is 2.39. The van der Waals surface area contributed by atoms with Gasteiger partial charge in [-0.05, 0) is 25.1 Å². The van der Waals surface area contributed by atoms with E-state index in [1.807, 2.05) is 31.3 Å². The van der Waals surface area contributed by atoms with Crippen LogP contribution < -0.4 is 10.1 Å². The zero-order chi connectivity index (χ0) is 12.3. The van der Waals surface area contributed by atoms with Crippen molar-refractivity contribution in [2.24, 2.45) is 0 Å². The summed E-state index contributed by atoms with van der Waals surface area (Å²) in [5.41, 5.74) is 2.00. The lowest BCUT2D eigenvalue weighted by atomic mass is 10.3. The normalized spacial score (nSPS) is 10.3. The molecule has 0 bridgehead atoms. The standard InChI is InChI=1S/C12H14BrN3O/c1-8-14-6-10(16-8)7-15-11-5-9(13)3-4-12(11)17-2/h3-6,15H,7H2,1-2H3,(H,14,16). The number of aromatic nitrogens is 2. The zero-order valence-electron chi connectivity index (χ0n) is 9.75. The van der Waals surface area contributed by atoms with Crippen LogP contribution in [0.1, 0.15) is 11.5 Å². The predicted octanol–water partition coefficient (Wildman–Crippen LogP) is 3.10. The van der Waals surface area contributed by atoms with Crippen LogP contribution in [0.25, 0.3) is 0 Å². The van der Waals surface area contributed by atoms with Crippen molar-refractivity contribution in [1.29, 1.82) is 0 Å². The largest absolute Gasteiger partial charge is 0.495 e. The number of aryl methyl sites for hydroxylation is 1. The summed E-state index contributed by atoms with van der Waals surface area (Å²) in [6.07, 6.45) is 1.83. The average Bonchev–Trinajstić information content (AvgIpc) is 2.73. The van der Waals surface area contributed by atoms with Gasteiger partial charge in [-0.25, -0.2) is 4.98 Å². The van der Waals surface area contributed by atoms with Crippen molar-refractivity contribution in [2.75, 3.05) is 12.4 Å². The molecule has 2 aromatic rings. The molecule has 0 spiro atoms. The van der Waals surface area contributed by atoms with E-state index < -0.39 is 0 Å². The maximum absolute atomic E-state index is 5.28. The van der Waals surface area contributed by atoms with Gasteiger partial charge < -0.3 is 15.0 Å². The van der Waals surface area contributed by atoms with Crippen molar-refractivity contribution < 1.29 is 4.74 Å². The highest BCUT2D eigenvalue weighted by Gasteiger charge is 2.04. The number of imidazole rings is 1. The van der Waals surface area contributed by atoms with Gasteiger partial charge in [0.2, 0.25) is 0 Å². The van der Waals surface area contributed by atoms with Crippen LogP contribution in [0.15, 0.2) is 28.9 Å². The lowest BCUT2D eigenvalue weighted by Crippen LogP contribution is -2.01. The summed E-state index contributed by atoms with van der Waals surface area (Å²) >= 11 is 3.44. The summed E-state index contributed by atoms with van der Waals surface area (Å²) in [5, 5.41) is 3.31. The number of nitrogens with zero attached hydrogens (tertiary/aromatic N) is 1. The van der Waals surface area contributed by atoms with Crippen molar-refractivity contribution >= 4 is 21.6 Å². The van der Waals surface area contributed by atoms with Gasteiger partial charge in [-0.15, -0.1) is 0 Å². The SMILES string of the molecule is COc1ccc(Br)cc1NCc1cnc(C)[nH]1. The van der Waals surface area contributed by atoms with Crippen molar-refractivity contribution in [3.8, 4) is 5.75 Å². The second-order valence-corrected chi connectivity index (χ2v) is 4.61. The van der Waals surface area contributed by atoms with E-state index in [0.717, 1.165) is 27.4 Å². The first-order valence-corrected chi connectivity index (χ1v) is 6.06. The maximum atomic E-state index is 5.28. The Morgan fingerprint density at radius 2 is 2.29 bits per heavy atom. The highest BCUT2D eigenvalue weighted by molar-refractivity contribution is 9.10. The van der Waals surface area contributed by atoms with E-state index in [0.29, 0.717) is 6.54 Å². The Bertz CT molecular complexity index is 510. The number of hydrogen-bond acceptors (Lipinski definition) is 3. The average molecular weight is 296 g/mol. The molecule has 0 aliphatic rings. The molecule has 0 unspecified atom stereocenters. The van der Waals surface area contributed by atoms with Gasteiger partial charge >= 0.3 is 0 Å². The molecule has 2 N–H and O–H groups in total. The van der Waals surface area contributed by atoms with Crippen LogP contribution in [0.4, 0.5) is 5.69 Å². The van der Waals surface area contributed by atoms with E-state index >= 15 is 0 Å². The number of benzene rings is 1. The third kappa shape index (κ3) is 3.00. The molecule has 2 rings (SSSR count). The molecule has 0 fully saturated rings. The number of methoxy groups -OCH3 is 1. The van der Waals surface area contributed by atoms with Gasteiger partial charge in [0.25, 0.3) is 0 Å². The minimum absolute atomic E-state index is 0.688. The van der Waals surface area contributed by atoms with E-state index in [2.05, 4.69) is 31.2 Å². The molecular weight excluding hydrogens is 282 g/mol.